The average Bonchev–Trinajstić information content (AvgIpc) is 2.07. The number of ketones is 1. The summed E-state index contributed by atoms with van der Waals surface area (Å²) in [5.74, 6) is -0.0747. The highest BCUT2D eigenvalue weighted by molar-refractivity contribution is 14.1. The average molecular weight is 305 g/mol. The number of halogens is 1. The Balaban J connectivity index is 3.14. The second-order valence-corrected chi connectivity index (χ2v) is 4.15. The molecule has 0 unspecified atom stereocenters. The van der Waals surface area contributed by atoms with Gasteiger partial charge in [-0.15, -0.1) is 0 Å². The summed E-state index contributed by atoms with van der Waals surface area (Å²) in [5.41, 5.74) is 0.495. The minimum atomic E-state index is -0.458. The van der Waals surface area contributed by atoms with Crippen molar-refractivity contribution < 1.29 is 9.72 Å². The first-order chi connectivity index (χ1) is 6.50. The highest BCUT2D eigenvalue weighted by Gasteiger charge is 2.14. The Morgan fingerprint density at radius 2 is 2.21 bits per heavy atom. The van der Waals surface area contributed by atoms with Crippen molar-refractivity contribution in [2.45, 2.75) is 13.3 Å². The summed E-state index contributed by atoms with van der Waals surface area (Å²) < 4.78 is 0.793. The van der Waals surface area contributed by atoms with Gasteiger partial charge in [0.25, 0.3) is 5.69 Å². The van der Waals surface area contributed by atoms with Gasteiger partial charge in [-0.2, -0.15) is 0 Å². The van der Waals surface area contributed by atoms with E-state index in [1.165, 1.54) is 13.0 Å². The zero-order valence-electron chi connectivity index (χ0n) is 7.49. The summed E-state index contributed by atoms with van der Waals surface area (Å²) in [4.78, 5) is 21.0. The summed E-state index contributed by atoms with van der Waals surface area (Å²) in [6, 6.07) is 4.85. The molecule has 0 fully saturated rings. The molecular formula is C9H8INO3. The summed E-state index contributed by atoms with van der Waals surface area (Å²) in [5, 5.41) is 10.6. The van der Waals surface area contributed by atoms with E-state index in [1.807, 2.05) is 22.6 Å². The predicted molar refractivity (Wildman–Crippen MR) is 60.2 cm³/mol. The number of benzene rings is 1. The molecule has 0 saturated heterocycles. The highest BCUT2D eigenvalue weighted by atomic mass is 127. The molecule has 0 aromatic heterocycles. The van der Waals surface area contributed by atoms with E-state index in [1.54, 1.807) is 12.1 Å². The monoisotopic (exact) mass is 305 g/mol. The highest BCUT2D eigenvalue weighted by Crippen LogP contribution is 2.21. The van der Waals surface area contributed by atoms with Crippen molar-refractivity contribution in [3.63, 3.8) is 0 Å². The molecule has 0 radical (unpaired) electrons. The lowest BCUT2D eigenvalue weighted by Gasteiger charge is -2.00. The zero-order valence-corrected chi connectivity index (χ0v) is 9.65. The molecule has 0 spiro atoms. The minimum Gasteiger partial charge on any atom is -0.300 e. The Kier molecular flexibility index (Phi) is 3.56. The number of hydrogen-bond acceptors (Lipinski definition) is 3. The first-order valence-electron chi connectivity index (χ1n) is 3.93. The summed E-state index contributed by atoms with van der Waals surface area (Å²) in [7, 11) is 0. The Hall–Kier alpha value is -0.980. The molecule has 5 heteroatoms. The molecule has 1 rings (SSSR count). The molecule has 0 bridgehead atoms. The lowest BCUT2D eigenvalue weighted by molar-refractivity contribution is -0.385. The summed E-state index contributed by atoms with van der Waals surface area (Å²) in [6.45, 7) is 1.42. The van der Waals surface area contributed by atoms with E-state index in [-0.39, 0.29) is 17.9 Å². The quantitative estimate of drug-likeness (QED) is 0.489. The molecule has 0 heterocycles. The van der Waals surface area contributed by atoms with E-state index >= 15 is 0 Å². The van der Waals surface area contributed by atoms with Crippen molar-refractivity contribution in [3.05, 3.63) is 37.4 Å². The molecule has 0 saturated carbocycles. The second kappa shape index (κ2) is 4.50. The lowest BCUT2D eigenvalue weighted by Crippen LogP contribution is -2.01. The molecule has 0 aliphatic heterocycles. The van der Waals surface area contributed by atoms with Gasteiger partial charge in [0.15, 0.2) is 0 Å². The third-order valence-corrected chi connectivity index (χ3v) is 2.35. The fourth-order valence-corrected chi connectivity index (χ4v) is 1.60. The van der Waals surface area contributed by atoms with Crippen LogP contribution in [0.4, 0.5) is 5.69 Å². The maximum Gasteiger partial charge on any atom is 0.274 e. The van der Waals surface area contributed by atoms with Crippen LogP contribution in [-0.2, 0) is 11.2 Å². The number of nitrogens with zero attached hydrogens (tertiary/aromatic N) is 1. The lowest BCUT2D eigenvalue weighted by atomic mass is 10.1. The molecule has 74 valence electrons. The molecule has 14 heavy (non-hydrogen) atoms. The fourth-order valence-electron chi connectivity index (χ4n) is 1.12. The number of nitro benzene ring substituents is 1. The first-order valence-corrected chi connectivity index (χ1v) is 5.01. The number of carbonyl (C=O) groups excluding carboxylic acids is 1. The van der Waals surface area contributed by atoms with Crippen LogP contribution >= 0.6 is 22.6 Å². The molecule has 0 aliphatic rings. The van der Waals surface area contributed by atoms with Crippen LogP contribution in [0.2, 0.25) is 0 Å². The Labute approximate surface area is 94.6 Å². The molecule has 0 atom stereocenters. The Morgan fingerprint density at radius 1 is 1.57 bits per heavy atom. The van der Waals surface area contributed by atoms with Gasteiger partial charge in [0.2, 0.25) is 0 Å². The number of Topliss-reactive ketones (excluding diaryl/α,β-unsaturated/α-hetero) is 1. The van der Waals surface area contributed by atoms with Crippen LogP contribution in [0, 0.1) is 13.7 Å². The van der Waals surface area contributed by atoms with Gasteiger partial charge in [0, 0.05) is 21.6 Å². The largest absolute Gasteiger partial charge is 0.300 e. The van der Waals surface area contributed by atoms with Crippen LogP contribution in [0.3, 0.4) is 0 Å². The van der Waals surface area contributed by atoms with E-state index in [4.69, 9.17) is 0 Å². The Bertz CT molecular complexity index is 390. The van der Waals surface area contributed by atoms with Crippen molar-refractivity contribution >= 4 is 34.1 Å². The first kappa shape index (κ1) is 11.1. The van der Waals surface area contributed by atoms with E-state index in [0.29, 0.717) is 5.56 Å². The topological polar surface area (TPSA) is 60.2 Å². The van der Waals surface area contributed by atoms with Gasteiger partial charge in [-0.05, 0) is 35.6 Å². The van der Waals surface area contributed by atoms with Crippen molar-refractivity contribution in [2.75, 3.05) is 0 Å². The Morgan fingerprint density at radius 3 is 2.71 bits per heavy atom. The van der Waals surface area contributed by atoms with Crippen molar-refractivity contribution in [3.8, 4) is 0 Å². The smallest absolute Gasteiger partial charge is 0.274 e. The minimum absolute atomic E-state index is 0.0205. The standard InChI is InChI=1S/C9H8INO3/c1-6(12)4-7-2-3-8(10)5-9(7)11(13)14/h2-3,5H,4H2,1H3. The molecular weight excluding hydrogens is 297 g/mol. The summed E-state index contributed by atoms with van der Waals surface area (Å²) >= 11 is 2.00. The van der Waals surface area contributed by atoms with Crippen molar-refractivity contribution in [1.82, 2.24) is 0 Å². The SMILES string of the molecule is CC(=O)Cc1ccc(I)cc1[N+](=O)[O-]. The molecule has 1 aromatic carbocycles. The second-order valence-electron chi connectivity index (χ2n) is 2.91. The predicted octanol–water partition coefficient (Wildman–Crippen LogP) is 2.33. The van der Waals surface area contributed by atoms with Crippen LogP contribution in [0.15, 0.2) is 18.2 Å². The van der Waals surface area contributed by atoms with Crippen LogP contribution in [0.5, 0.6) is 0 Å². The molecule has 0 amide bonds. The van der Waals surface area contributed by atoms with Gasteiger partial charge in [0.05, 0.1) is 4.92 Å². The third-order valence-electron chi connectivity index (χ3n) is 1.68. The normalized spacial score (nSPS) is 9.86. The van der Waals surface area contributed by atoms with E-state index in [9.17, 15) is 14.9 Å². The maximum atomic E-state index is 10.8. The van der Waals surface area contributed by atoms with Crippen molar-refractivity contribution in [1.29, 1.82) is 0 Å². The number of carbonyl (C=O) groups is 1. The van der Waals surface area contributed by atoms with Gasteiger partial charge in [-0.1, -0.05) is 6.07 Å². The summed E-state index contributed by atoms with van der Waals surface area (Å²) in [6.07, 6.45) is 0.118. The van der Waals surface area contributed by atoms with E-state index in [2.05, 4.69) is 0 Å². The van der Waals surface area contributed by atoms with Crippen molar-refractivity contribution in [2.24, 2.45) is 0 Å². The zero-order chi connectivity index (χ0) is 10.7. The molecule has 1 aromatic rings. The maximum absolute atomic E-state index is 10.8. The van der Waals surface area contributed by atoms with Gasteiger partial charge < -0.3 is 0 Å². The molecule has 4 nitrogen and oxygen atoms in total. The third kappa shape index (κ3) is 2.76. The van der Waals surface area contributed by atoms with Gasteiger partial charge >= 0.3 is 0 Å². The van der Waals surface area contributed by atoms with Crippen LogP contribution < -0.4 is 0 Å². The van der Waals surface area contributed by atoms with Crippen LogP contribution in [0.25, 0.3) is 0 Å². The van der Waals surface area contributed by atoms with E-state index in [0.717, 1.165) is 3.57 Å². The van der Waals surface area contributed by atoms with E-state index < -0.39 is 4.92 Å². The molecule has 0 N–H and O–H groups in total. The number of nitro groups is 1. The van der Waals surface area contributed by atoms with Gasteiger partial charge in [-0.3, -0.25) is 14.9 Å². The van der Waals surface area contributed by atoms with Gasteiger partial charge in [-0.25, -0.2) is 0 Å². The van der Waals surface area contributed by atoms with Crippen LogP contribution in [0.1, 0.15) is 12.5 Å². The number of rotatable bonds is 3. The number of hydrogen-bond donors (Lipinski definition) is 0. The van der Waals surface area contributed by atoms with Crippen LogP contribution in [-0.4, -0.2) is 10.7 Å². The van der Waals surface area contributed by atoms with Gasteiger partial charge in [0.1, 0.15) is 5.78 Å². The fraction of sp³-hybridized carbons (Fsp3) is 0.222. The molecule has 0 aliphatic carbocycles.